The molecule has 20 heavy (non-hydrogen) atoms. The van der Waals surface area contributed by atoms with Gasteiger partial charge in [0.25, 0.3) is 0 Å². The van der Waals surface area contributed by atoms with Crippen molar-refractivity contribution in [3.05, 3.63) is 41.5 Å². The Morgan fingerprint density at radius 1 is 1.45 bits per heavy atom. The molecule has 0 fully saturated rings. The zero-order valence-corrected chi connectivity index (χ0v) is 11.3. The zero-order chi connectivity index (χ0) is 14.4. The highest BCUT2D eigenvalue weighted by atomic mass is 19.1. The summed E-state index contributed by atoms with van der Waals surface area (Å²) in [6.07, 6.45) is 4.53. The second kappa shape index (κ2) is 6.79. The number of aromatic nitrogens is 3. The molecule has 0 bridgehead atoms. The molecule has 0 saturated heterocycles. The number of halogens is 1. The van der Waals surface area contributed by atoms with Gasteiger partial charge in [0, 0.05) is 12.6 Å². The number of nitrogens with zero attached hydrogens (tertiary/aromatic N) is 3. The van der Waals surface area contributed by atoms with Gasteiger partial charge in [-0.1, -0.05) is 18.6 Å². The quantitative estimate of drug-likeness (QED) is 0.730. The molecule has 1 aromatic heterocycles. The van der Waals surface area contributed by atoms with Gasteiger partial charge >= 0.3 is 0 Å². The molecule has 1 heterocycles. The molecule has 0 aliphatic heterocycles. The Balaban J connectivity index is 1.99. The van der Waals surface area contributed by atoms with Crippen molar-refractivity contribution in [1.82, 2.24) is 15.0 Å². The largest absolute Gasteiger partial charge is 0.486 e. The minimum Gasteiger partial charge on any atom is -0.486 e. The van der Waals surface area contributed by atoms with Crippen LogP contribution in [0.5, 0.6) is 5.75 Å². The molecular weight excluding hydrogens is 261 g/mol. The lowest BCUT2D eigenvalue weighted by atomic mass is 10.2. The van der Waals surface area contributed by atoms with Gasteiger partial charge in [0.2, 0.25) is 0 Å². The van der Waals surface area contributed by atoms with Crippen LogP contribution >= 0.6 is 0 Å². The first kappa shape index (κ1) is 14.2. The lowest BCUT2D eigenvalue weighted by Crippen LogP contribution is -1.99. The highest BCUT2D eigenvalue weighted by Gasteiger charge is 2.07. The van der Waals surface area contributed by atoms with Crippen LogP contribution in [-0.4, -0.2) is 21.3 Å². The summed E-state index contributed by atoms with van der Waals surface area (Å²) in [5.41, 5.74) is 0.951. The Morgan fingerprint density at radius 2 is 2.30 bits per heavy atom. The van der Waals surface area contributed by atoms with Crippen molar-refractivity contribution < 1.29 is 13.9 Å². The van der Waals surface area contributed by atoms with Crippen LogP contribution in [0.1, 0.15) is 35.8 Å². The van der Waals surface area contributed by atoms with Crippen LogP contribution < -0.4 is 4.74 Å². The van der Waals surface area contributed by atoms with Crippen molar-refractivity contribution in [3.8, 4) is 5.75 Å². The first-order valence-corrected chi connectivity index (χ1v) is 6.49. The van der Waals surface area contributed by atoms with Crippen LogP contribution in [0.3, 0.4) is 0 Å². The number of aryl methyl sites for hydroxylation is 1. The maximum Gasteiger partial charge on any atom is 0.153 e. The van der Waals surface area contributed by atoms with E-state index >= 15 is 0 Å². The first-order valence-electron chi connectivity index (χ1n) is 6.49. The average Bonchev–Trinajstić information content (AvgIpc) is 2.91. The third kappa shape index (κ3) is 3.63. The summed E-state index contributed by atoms with van der Waals surface area (Å²) in [4.78, 5) is 10.8. The fraction of sp³-hybridized carbons (Fsp3) is 0.357. The topological polar surface area (TPSA) is 57.0 Å². The fourth-order valence-corrected chi connectivity index (χ4v) is 1.72. The number of benzene rings is 1. The number of aldehydes is 1. The lowest BCUT2D eigenvalue weighted by molar-refractivity contribution is 0.111. The van der Waals surface area contributed by atoms with E-state index in [1.807, 2.05) is 0 Å². The summed E-state index contributed by atoms with van der Waals surface area (Å²) in [6.45, 7) is 3.06. The molecule has 6 heteroatoms. The molecule has 2 aromatic rings. The molecule has 0 saturated carbocycles. The van der Waals surface area contributed by atoms with Gasteiger partial charge in [0.05, 0.1) is 11.8 Å². The van der Waals surface area contributed by atoms with Gasteiger partial charge in [-0.3, -0.25) is 9.48 Å². The predicted molar refractivity (Wildman–Crippen MR) is 71.0 cm³/mol. The molecular formula is C14H16FN3O2. The Hall–Kier alpha value is -2.24. The van der Waals surface area contributed by atoms with Crippen LogP contribution in [0.25, 0.3) is 0 Å². The lowest BCUT2D eigenvalue weighted by Gasteiger charge is -2.06. The number of rotatable bonds is 7. The monoisotopic (exact) mass is 277 g/mol. The third-order valence-electron chi connectivity index (χ3n) is 2.80. The Morgan fingerprint density at radius 3 is 3.05 bits per heavy atom. The van der Waals surface area contributed by atoms with E-state index in [0.717, 1.165) is 19.4 Å². The summed E-state index contributed by atoms with van der Waals surface area (Å²) < 4.78 is 20.3. The number of ether oxygens (including phenoxy) is 1. The molecule has 0 atom stereocenters. The van der Waals surface area contributed by atoms with E-state index in [9.17, 15) is 9.18 Å². The normalized spacial score (nSPS) is 10.5. The van der Waals surface area contributed by atoms with E-state index in [-0.39, 0.29) is 12.4 Å². The smallest absolute Gasteiger partial charge is 0.153 e. The van der Waals surface area contributed by atoms with Crippen LogP contribution in [0.15, 0.2) is 24.4 Å². The molecule has 1 aromatic carbocycles. The van der Waals surface area contributed by atoms with Gasteiger partial charge in [-0.25, -0.2) is 4.39 Å². The van der Waals surface area contributed by atoms with Gasteiger partial charge in [-0.15, -0.1) is 5.10 Å². The minimum absolute atomic E-state index is 0.149. The van der Waals surface area contributed by atoms with Crippen molar-refractivity contribution in [2.45, 2.75) is 32.9 Å². The predicted octanol–water partition coefficient (Wildman–Crippen LogP) is 2.61. The summed E-state index contributed by atoms with van der Waals surface area (Å²) >= 11 is 0. The molecule has 0 unspecified atom stereocenters. The van der Waals surface area contributed by atoms with Gasteiger partial charge in [0.1, 0.15) is 23.9 Å². The van der Waals surface area contributed by atoms with E-state index in [1.165, 1.54) is 18.2 Å². The molecule has 0 amide bonds. The summed E-state index contributed by atoms with van der Waals surface area (Å²) in [5.74, 6) is -0.236. The molecule has 0 aliphatic rings. The number of carbonyl (C=O) groups excluding carboxylic acids is 1. The second-order valence-corrected chi connectivity index (χ2v) is 4.42. The van der Waals surface area contributed by atoms with Crippen molar-refractivity contribution in [1.29, 1.82) is 0 Å². The van der Waals surface area contributed by atoms with Crippen LogP contribution in [0.4, 0.5) is 4.39 Å². The SMILES string of the molecule is CCCCn1cc(COc2cc(F)ccc2C=O)nn1. The van der Waals surface area contributed by atoms with E-state index in [1.54, 1.807) is 10.9 Å². The first-order chi connectivity index (χ1) is 9.72. The van der Waals surface area contributed by atoms with E-state index < -0.39 is 5.82 Å². The molecule has 0 spiro atoms. The summed E-state index contributed by atoms with van der Waals surface area (Å²) in [6, 6.07) is 3.79. The average molecular weight is 277 g/mol. The van der Waals surface area contributed by atoms with Crippen LogP contribution in [-0.2, 0) is 13.2 Å². The molecule has 2 rings (SSSR count). The molecule has 5 nitrogen and oxygen atoms in total. The summed E-state index contributed by atoms with van der Waals surface area (Å²) in [5, 5.41) is 7.94. The van der Waals surface area contributed by atoms with Crippen LogP contribution in [0, 0.1) is 5.82 Å². The standard InChI is InChI=1S/C14H16FN3O2/c1-2-3-6-18-8-13(16-17-18)10-20-14-7-12(15)5-4-11(14)9-19/h4-5,7-9H,2-3,6,10H2,1H3. The number of carbonyl (C=O) groups is 1. The Bertz CT molecular complexity index is 584. The van der Waals surface area contributed by atoms with Crippen molar-refractivity contribution in [2.75, 3.05) is 0 Å². The van der Waals surface area contributed by atoms with Gasteiger partial charge < -0.3 is 4.74 Å². The number of unbranched alkanes of at least 4 members (excludes halogenated alkanes) is 1. The van der Waals surface area contributed by atoms with Gasteiger partial charge in [-0.05, 0) is 18.6 Å². The molecule has 0 aliphatic carbocycles. The second-order valence-electron chi connectivity index (χ2n) is 4.42. The van der Waals surface area contributed by atoms with E-state index in [2.05, 4.69) is 17.2 Å². The van der Waals surface area contributed by atoms with E-state index in [4.69, 9.17) is 4.74 Å². The number of hydrogen-bond donors (Lipinski definition) is 0. The van der Waals surface area contributed by atoms with Gasteiger partial charge in [-0.2, -0.15) is 0 Å². The minimum atomic E-state index is -0.447. The van der Waals surface area contributed by atoms with Crippen molar-refractivity contribution in [3.63, 3.8) is 0 Å². The van der Waals surface area contributed by atoms with Crippen LogP contribution in [0.2, 0.25) is 0 Å². The molecule has 0 radical (unpaired) electrons. The zero-order valence-electron chi connectivity index (χ0n) is 11.3. The molecule has 106 valence electrons. The Kier molecular flexibility index (Phi) is 4.81. The number of hydrogen-bond acceptors (Lipinski definition) is 4. The fourth-order valence-electron chi connectivity index (χ4n) is 1.72. The third-order valence-corrected chi connectivity index (χ3v) is 2.80. The maximum atomic E-state index is 13.1. The molecule has 0 N–H and O–H groups in total. The van der Waals surface area contributed by atoms with E-state index in [0.29, 0.717) is 17.5 Å². The highest BCUT2D eigenvalue weighted by Crippen LogP contribution is 2.19. The van der Waals surface area contributed by atoms with Gasteiger partial charge in [0.15, 0.2) is 6.29 Å². The maximum absolute atomic E-state index is 13.1. The van der Waals surface area contributed by atoms with Crippen molar-refractivity contribution >= 4 is 6.29 Å². The van der Waals surface area contributed by atoms with Crippen molar-refractivity contribution in [2.24, 2.45) is 0 Å². The Labute approximate surface area is 116 Å². The highest BCUT2D eigenvalue weighted by molar-refractivity contribution is 5.79. The summed E-state index contributed by atoms with van der Waals surface area (Å²) in [7, 11) is 0.